The van der Waals surface area contributed by atoms with Crippen molar-refractivity contribution in [3.63, 3.8) is 0 Å². The third kappa shape index (κ3) is 3.23. The molecule has 0 saturated heterocycles. The molecule has 0 atom stereocenters. The molecule has 1 aromatic heterocycles. The second kappa shape index (κ2) is 5.87. The molecule has 4 heteroatoms. The Kier molecular flexibility index (Phi) is 3.99. The van der Waals surface area contributed by atoms with E-state index in [-0.39, 0.29) is 0 Å². The summed E-state index contributed by atoms with van der Waals surface area (Å²) in [6.07, 6.45) is 1.70. The van der Waals surface area contributed by atoms with Crippen molar-refractivity contribution in [2.24, 2.45) is 0 Å². The lowest BCUT2D eigenvalue weighted by atomic mass is 10.1. The van der Waals surface area contributed by atoms with Gasteiger partial charge in [0.05, 0.1) is 18.4 Å². The van der Waals surface area contributed by atoms with Crippen LogP contribution in [-0.4, -0.2) is 12.1 Å². The number of nitrogens with zero attached hydrogens (tertiary/aromatic N) is 2. The van der Waals surface area contributed by atoms with Crippen molar-refractivity contribution in [1.29, 1.82) is 5.26 Å². The van der Waals surface area contributed by atoms with Crippen LogP contribution >= 0.6 is 0 Å². The predicted octanol–water partition coefficient (Wildman–Crippen LogP) is 2.88. The van der Waals surface area contributed by atoms with E-state index >= 15 is 0 Å². The van der Waals surface area contributed by atoms with Gasteiger partial charge in [0, 0.05) is 18.8 Å². The number of rotatable bonds is 4. The molecular formula is C15H15N3O. The Balaban J connectivity index is 2.12. The molecule has 19 heavy (non-hydrogen) atoms. The first-order valence-electron chi connectivity index (χ1n) is 5.96. The van der Waals surface area contributed by atoms with Gasteiger partial charge in [0.1, 0.15) is 6.07 Å². The van der Waals surface area contributed by atoms with Gasteiger partial charge in [0.25, 0.3) is 0 Å². The molecule has 0 bridgehead atoms. The second-order valence-corrected chi connectivity index (χ2v) is 4.22. The van der Waals surface area contributed by atoms with E-state index in [1.807, 2.05) is 37.3 Å². The van der Waals surface area contributed by atoms with E-state index in [1.165, 1.54) is 0 Å². The van der Waals surface area contributed by atoms with Crippen LogP contribution in [-0.2, 0) is 6.54 Å². The lowest BCUT2D eigenvalue weighted by Gasteiger charge is -2.09. The summed E-state index contributed by atoms with van der Waals surface area (Å²) in [5.74, 6) is 0.587. The first-order valence-corrected chi connectivity index (χ1v) is 5.96. The zero-order chi connectivity index (χ0) is 13.7. The van der Waals surface area contributed by atoms with Crippen molar-refractivity contribution in [2.75, 3.05) is 12.4 Å². The Morgan fingerprint density at radius 1 is 1.32 bits per heavy atom. The number of nitrogens with one attached hydrogen (secondary N) is 1. The van der Waals surface area contributed by atoms with Crippen LogP contribution < -0.4 is 10.1 Å². The smallest absolute Gasteiger partial charge is 0.213 e. The van der Waals surface area contributed by atoms with Crippen LogP contribution in [0, 0.1) is 18.3 Å². The van der Waals surface area contributed by atoms with Crippen molar-refractivity contribution in [1.82, 2.24) is 4.98 Å². The Bertz CT molecular complexity index is 617. The van der Waals surface area contributed by atoms with Gasteiger partial charge in [0.15, 0.2) is 0 Å². The van der Waals surface area contributed by atoms with Gasteiger partial charge in [-0.3, -0.25) is 0 Å². The largest absolute Gasteiger partial charge is 0.481 e. The van der Waals surface area contributed by atoms with Crippen molar-refractivity contribution >= 4 is 5.69 Å². The number of methoxy groups -OCH3 is 1. The molecule has 0 saturated carbocycles. The molecule has 0 unspecified atom stereocenters. The zero-order valence-corrected chi connectivity index (χ0v) is 11.0. The monoisotopic (exact) mass is 253 g/mol. The average Bonchev–Trinajstić information content (AvgIpc) is 2.46. The standard InChI is InChI=1S/C15H15N3O/c1-11-3-4-14(13(7-11)9-16)18-10-12-5-6-17-15(8-12)19-2/h3-8,18H,10H2,1-2H3. The zero-order valence-electron chi connectivity index (χ0n) is 11.0. The normalized spacial score (nSPS) is 9.74. The van der Waals surface area contributed by atoms with E-state index in [0.717, 1.165) is 16.8 Å². The minimum Gasteiger partial charge on any atom is -0.481 e. The fourth-order valence-electron chi connectivity index (χ4n) is 1.77. The topological polar surface area (TPSA) is 57.9 Å². The Labute approximate surface area is 112 Å². The minimum atomic E-state index is 0.587. The van der Waals surface area contributed by atoms with E-state index in [1.54, 1.807) is 13.3 Å². The molecule has 0 fully saturated rings. The summed E-state index contributed by atoms with van der Waals surface area (Å²) in [6, 6.07) is 11.8. The van der Waals surface area contributed by atoms with Gasteiger partial charge < -0.3 is 10.1 Å². The summed E-state index contributed by atoms with van der Waals surface area (Å²) < 4.78 is 5.08. The maximum atomic E-state index is 9.10. The lowest BCUT2D eigenvalue weighted by Crippen LogP contribution is -2.02. The predicted molar refractivity (Wildman–Crippen MR) is 74.0 cm³/mol. The van der Waals surface area contributed by atoms with Crippen molar-refractivity contribution < 1.29 is 4.74 Å². The second-order valence-electron chi connectivity index (χ2n) is 4.22. The first-order chi connectivity index (χ1) is 9.22. The summed E-state index contributed by atoms with van der Waals surface area (Å²) in [5.41, 5.74) is 3.62. The van der Waals surface area contributed by atoms with Gasteiger partial charge in [-0.2, -0.15) is 5.26 Å². The number of aromatic nitrogens is 1. The van der Waals surface area contributed by atoms with E-state index in [0.29, 0.717) is 18.0 Å². The number of ether oxygens (including phenoxy) is 1. The lowest BCUT2D eigenvalue weighted by molar-refractivity contribution is 0.397. The molecule has 1 N–H and O–H groups in total. The number of pyridine rings is 1. The third-order valence-electron chi connectivity index (χ3n) is 2.79. The van der Waals surface area contributed by atoms with Crippen LogP contribution in [0.25, 0.3) is 0 Å². The molecule has 96 valence electrons. The average molecular weight is 253 g/mol. The molecule has 1 aromatic carbocycles. The third-order valence-corrected chi connectivity index (χ3v) is 2.79. The van der Waals surface area contributed by atoms with Gasteiger partial charge in [-0.15, -0.1) is 0 Å². The Morgan fingerprint density at radius 2 is 2.16 bits per heavy atom. The number of aryl methyl sites for hydroxylation is 1. The van der Waals surface area contributed by atoms with Gasteiger partial charge in [0.2, 0.25) is 5.88 Å². The Morgan fingerprint density at radius 3 is 2.89 bits per heavy atom. The molecule has 2 rings (SSSR count). The van der Waals surface area contributed by atoms with Crippen LogP contribution in [0.5, 0.6) is 5.88 Å². The molecule has 0 aliphatic carbocycles. The number of anilines is 1. The van der Waals surface area contributed by atoms with Crippen molar-refractivity contribution in [3.8, 4) is 11.9 Å². The van der Waals surface area contributed by atoms with Crippen LogP contribution in [0.2, 0.25) is 0 Å². The number of hydrogen-bond acceptors (Lipinski definition) is 4. The van der Waals surface area contributed by atoms with Crippen LogP contribution in [0.4, 0.5) is 5.69 Å². The molecule has 4 nitrogen and oxygen atoms in total. The van der Waals surface area contributed by atoms with Gasteiger partial charge >= 0.3 is 0 Å². The molecule has 2 aromatic rings. The van der Waals surface area contributed by atoms with E-state index in [2.05, 4.69) is 16.4 Å². The number of nitriles is 1. The molecule has 0 aliphatic heterocycles. The quantitative estimate of drug-likeness (QED) is 0.910. The van der Waals surface area contributed by atoms with E-state index in [9.17, 15) is 0 Å². The molecule has 0 spiro atoms. The van der Waals surface area contributed by atoms with Crippen molar-refractivity contribution in [3.05, 3.63) is 53.2 Å². The van der Waals surface area contributed by atoms with Crippen molar-refractivity contribution in [2.45, 2.75) is 13.5 Å². The van der Waals surface area contributed by atoms with E-state index in [4.69, 9.17) is 10.00 Å². The van der Waals surface area contributed by atoms with E-state index < -0.39 is 0 Å². The summed E-state index contributed by atoms with van der Waals surface area (Å²) in [4.78, 5) is 4.06. The highest BCUT2D eigenvalue weighted by molar-refractivity contribution is 5.58. The summed E-state index contributed by atoms with van der Waals surface area (Å²) >= 11 is 0. The molecule has 0 radical (unpaired) electrons. The fourth-order valence-corrected chi connectivity index (χ4v) is 1.77. The molecule has 0 aliphatic rings. The maximum absolute atomic E-state index is 9.10. The highest BCUT2D eigenvalue weighted by atomic mass is 16.5. The number of hydrogen-bond donors (Lipinski definition) is 1. The highest BCUT2D eigenvalue weighted by Gasteiger charge is 2.02. The maximum Gasteiger partial charge on any atom is 0.213 e. The summed E-state index contributed by atoms with van der Waals surface area (Å²) in [6.45, 7) is 2.59. The summed E-state index contributed by atoms with van der Waals surface area (Å²) in [5, 5.41) is 12.4. The fraction of sp³-hybridized carbons (Fsp3) is 0.200. The number of benzene rings is 1. The van der Waals surface area contributed by atoms with Crippen LogP contribution in [0.15, 0.2) is 36.5 Å². The summed E-state index contributed by atoms with van der Waals surface area (Å²) in [7, 11) is 1.59. The van der Waals surface area contributed by atoms with Gasteiger partial charge in [-0.25, -0.2) is 4.98 Å². The SMILES string of the molecule is COc1cc(CNc2ccc(C)cc2C#N)ccn1. The molecule has 1 heterocycles. The van der Waals surface area contributed by atoms with Gasteiger partial charge in [-0.05, 0) is 36.2 Å². The highest BCUT2D eigenvalue weighted by Crippen LogP contribution is 2.18. The van der Waals surface area contributed by atoms with Gasteiger partial charge in [-0.1, -0.05) is 6.07 Å². The van der Waals surface area contributed by atoms with Crippen LogP contribution in [0.3, 0.4) is 0 Å². The first kappa shape index (κ1) is 12.9. The Hall–Kier alpha value is -2.54. The van der Waals surface area contributed by atoms with Crippen LogP contribution in [0.1, 0.15) is 16.7 Å². The minimum absolute atomic E-state index is 0.587. The molecular weight excluding hydrogens is 238 g/mol. The molecule has 0 amide bonds.